The molecule has 0 bridgehead atoms. The van der Waals surface area contributed by atoms with Crippen LogP contribution in [0.25, 0.3) is 0 Å². The first kappa shape index (κ1) is 12.9. The molecule has 0 saturated carbocycles. The Balaban J connectivity index is 3.83. The van der Waals surface area contributed by atoms with Crippen molar-refractivity contribution >= 4 is 7.49 Å². The van der Waals surface area contributed by atoms with Gasteiger partial charge in [0, 0.05) is 0 Å². The van der Waals surface area contributed by atoms with Gasteiger partial charge in [-0.3, -0.25) is 0 Å². The quantitative estimate of drug-likeness (QED) is 0.517. The van der Waals surface area contributed by atoms with Crippen molar-refractivity contribution in [1.29, 1.82) is 0 Å². The van der Waals surface area contributed by atoms with Gasteiger partial charge in [0.05, 0.1) is 0 Å². The predicted octanol–water partition coefficient (Wildman–Crippen LogP) is 2.33. The summed E-state index contributed by atoms with van der Waals surface area (Å²) in [5.41, 5.74) is -0.0935. The molecule has 0 aromatic carbocycles. The van der Waals surface area contributed by atoms with E-state index in [0.29, 0.717) is 13.0 Å². The first-order valence-corrected chi connectivity index (χ1v) is 7.60. The zero-order valence-electron chi connectivity index (χ0n) is 9.31. The number of hydrogen-bond acceptors (Lipinski definition) is 2. The molecule has 0 aromatic heterocycles. The van der Waals surface area contributed by atoms with Crippen LogP contribution in [-0.4, -0.2) is 31.9 Å². The molecule has 0 heterocycles. The molecule has 78 valence electrons. The predicted molar refractivity (Wildman–Crippen MR) is 60.7 cm³/mol. The fourth-order valence-corrected chi connectivity index (χ4v) is 2.01. The minimum atomic E-state index is -1.70. The van der Waals surface area contributed by atoms with Gasteiger partial charge in [-0.2, -0.15) is 0 Å². The van der Waals surface area contributed by atoms with Gasteiger partial charge in [0.15, 0.2) is 0 Å². The number of rotatable bonds is 4. The molecule has 0 spiro atoms. The van der Waals surface area contributed by atoms with E-state index in [4.69, 9.17) is 15.7 Å². The Labute approximate surface area is 82.4 Å². The third-order valence-electron chi connectivity index (χ3n) is 1.40. The molecule has 0 aromatic rings. The molecule has 13 heavy (non-hydrogen) atoms. The third-order valence-corrected chi connectivity index (χ3v) is 3.16. The van der Waals surface area contributed by atoms with Crippen LogP contribution in [0.3, 0.4) is 0 Å². The summed E-state index contributed by atoms with van der Waals surface area (Å²) in [6.07, 6.45) is 5.82. The molecule has 0 aliphatic carbocycles. The average molecular weight is 204 g/mol. The second-order valence-electron chi connectivity index (χ2n) is 4.65. The van der Waals surface area contributed by atoms with Gasteiger partial charge in [0.1, 0.15) is 0 Å². The maximum absolute atomic E-state index is 5.66. The summed E-state index contributed by atoms with van der Waals surface area (Å²) in [6, 6.07) is 0. The molecule has 0 radical (unpaired) electrons. The summed E-state index contributed by atoms with van der Waals surface area (Å²) in [7, 11) is -1.70. The molecule has 0 saturated heterocycles. The fraction of sp³-hybridized carbons (Fsp3) is 0.800. The number of ether oxygens (including phenoxy) is 1. The molecule has 0 rings (SSSR count). The van der Waals surface area contributed by atoms with Crippen LogP contribution in [0.1, 0.15) is 20.8 Å². The summed E-state index contributed by atoms with van der Waals surface area (Å²) in [4.78, 5) is 0. The van der Waals surface area contributed by atoms with Crippen molar-refractivity contribution in [2.24, 2.45) is 0 Å². The van der Waals surface area contributed by atoms with E-state index in [1.165, 1.54) is 0 Å². The summed E-state index contributed by atoms with van der Waals surface area (Å²) < 4.78 is 11.2. The van der Waals surface area contributed by atoms with E-state index >= 15 is 0 Å². The minimum absolute atomic E-state index is 0.0935. The fourth-order valence-electron chi connectivity index (χ4n) is 0.669. The molecule has 3 heteroatoms. The maximum atomic E-state index is 5.66. The van der Waals surface area contributed by atoms with E-state index in [1.54, 1.807) is 0 Å². The normalized spacial score (nSPS) is 13.8. The van der Waals surface area contributed by atoms with E-state index < -0.39 is 7.49 Å². The van der Waals surface area contributed by atoms with Gasteiger partial charge in [-0.05, 0) is 0 Å². The topological polar surface area (TPSA) is 18.5 Å². The van der Waals surface area contributed by atoms with Crippen LogP contribution in [-0.2, 0) is 9.26 Å². The Bertz CT molecular complexity index is 186. The Morgan fingerprint density at radius 2 is 1.85 bits per heavy atom. The van der Waals surface area contributed by atoms with Gasteiger partial charge >= 0.3 is 81.8 Å². The van der Waals surface area contributed by atoms with Crippen molar-refractivity contribution in [3.8, 4) is 12.3 Å². The van der Waals surface area contributed by atoms with E-state index in [1.807, 2.05) is 20.8 Å². The molecule has 0 amide bonds. The first-order valence-electron chi connectivity index (χ1n) is 4.48. The van der Waals surface area contributed by atoms with Crippen LogP contribution in [0, 0.1) is 12.3 Å². The molecule has 0 aliphatic rings. The van der Waals surface area contributed by atoms with Crippen molar-refractivity contribution < 1.29 is 9.26 Å². The van der Waals surface area contributed by atoms with Gasteiger partial charge < -0.3 is 0 Å². The summed E-state index contributed by atoms with van der Waals surface area (Å²) in [5, 5.41) is 0. The molecular weight excluding hydrogens is 183 g/mol. The number of terminal acetylenes is 1. The van der Waals surface area contributed by atoms with Crippen molar-refractivity contribution in [2.75, 3.05) is 26.3 Å². The second-order valence-corrected chi connectivity index (χ2v) is 8.75. The van der Waals surface area contributed by atoms with Crippen LogP contribution >= 0.6 is 7.49 Å². The Morgan fingerprint density at radius 3 is 2.23 bits per heavy atom. The van der Waals surface area contributed by atoms with Gasteiger partial charge in [0.25, 0.3) is 0 Å². The SMILES string of the molecule is C#CCO[PH](C)(C)COC(C)(C)C. The van der Waals surface area contributed by atoms with Crippen LogP contribution < -0.4 is 0 Å². The van der Waals surface area contributed by atoms with E-state index in [9.17, 15) is 0 Å². The first-order chi connectivity index (χ1) is 5.77. The van der Waals surface area contributed by atoms with Gasteiger partial charge in [0.2, 0.25) is 0 Å². The van der Waals surface area contributed by atoms with Crippen molar-refractivity contribution in [3.05, 3.63) is 0 Å². The molecule has 0 fully saturated rings. The second kappa shape index (κ2) is 4.96. The Kier molecular flexibility index (Phi) is 4.92. The summed E-state index contributed by atoms with van der Waals surface area (Å²) in [6.45, 7) is 10.7. The van der Waals surface area contributed by atoms with E-state index in [2.05, 4.69) is 19.3 Å². The van der Waals surface area contributed by atoms with Crippen LogP contribution in [0.5, 0.6) is 0 Å². The summed E-state index contributed by atoms with van der Waals surface area (Å²) >= 11 is 0. The molecule has 0 N–H and O–H groups in total. The molecular formula is C10H21O2P. The van der Waals surface area contributed by atoms with Gasteiger partial charge in [-0.1, -0.05) is 0 Å². The third kappa shape index (κ3) is 8.25. The molecule has 2 nitrogen and oxygen atoms in total. The zero-order chi connectivity index (χ0) is 10.5. The van der Waals surface area contributed by atoms with Gasteiger partial charge in [-0.25, -0.2) is 0 Å². The van der Waals surface area contributed by atoms with E-state index in [-0.39, 0.29) is 5.60 Å². The van der Waals surface area contributed by atoms with E-state index in [0.717, 1.165) is 0 Å². The van der Waals surface area contributed by atoms with Crippen LogP contribution in [0.15, 0.2) is 0 Å². The Hall–Kier alpha value is -0.0900. The van der Waals surface area contributed by atoms with Crippen molar-refractivity contribution in [1.82, 2.24) is 0 Å². The summed E-state index contributed by atoms with van der Waals surface area (Å²) in [5.74, 6) is 2.48. The van der Waals surface area contributed by atoms with Crippen LogP contribution in [0.4, 0.5) is 0 Å². The molecule has 0 unspecified atom stereocenters. The zero-order valence-corrected chi connectivity index (χ0v) is 10.3. The van der Waals surface area contributed by atoms with Gasteiger partial charge in [-0.15, -0.1) is 0 Å². The monoisotopic (exact) mass is 204 g/mol. The molecule has 0 aliphatic heterocycles. The van der Waals surface area contributed by atoms with Crippen LogP contribution in [0.2, 0.25) is 0 Å². The number of hydrogen-bond donors (Lipinski definition) is 0. The molecule has 0 atom stereocenters. The average Bonchev–Trinajstić information content (AvgIpc) is 1.97. The van der Waals surface area contributed by atoms with Crippen molar-refractivity contribution in [2.45, 2.75) is 26.4 Å². The Morgan fingerprint density at radius 1 is 1.31 bits per heavy atom. The van der Waals surface area contributed by atoms with Crippen molar-refractivity contribution in [3.63, 3.8) is 0 Å². The standard InChI is InChI=1S/C10H21O2P/c1-7-8-12-13(5,6)9-11-10(2,3)4/h1,13H,8-9H2,2-6H3.